The second kappa shape index (κ2) is 5.39. The Morgan fingerprint density at radius 3 is 2.43 bits per heavy atom. The van der Waals surface area contributed by atoms with Gasteiger partial charge in [0.1, 0.15) is 5.82 Å². The first kappa shape index (κ1) is 14.8. The Bertz CT molecular complexity index is 737. The lowest BCUT2D eigenvalue weighted by atomic mass is 10.2. The smallest absolute Gasteiger partial charge is 0.316 e. The number of carbonyl (C=O) groups excluding carboxylic acids is 1. The number of anilines is 1. The molecule has 0 aliphatic rings. The Labute approximate surface area is 115 Å². The highest BCUT2D eigenvalue weighted by molar-refractivity contribution is 5.95. The predicted octanol–water partition coefficient (Wildman–Crippen LogP) is 2.48. The van der Waals surface area contributed by atoms with Crippen molar-refractivity contribution in [2.24, 2.45) is 0 Å². The van der Waals surface area contributed by atoms with Crippen LogP contribution in [0.25, 0.3) is 5.69 Å². The number of carbonyl (C=O) groups is 1. The summed E-state index contributed by atoms with van der Waals surface area (Å²) in [5, 5.41) is 1.42. The topological polar surface area (TPSA) is 51.1 Å². The van der Waals surface area contributed by atoms with Gasteiger partial charge in [-0.25, -0.2) is 4.39 Å². The molecule has 0 aliphatic heterocycles. The van der Waals surface area contributed by atoms with Crippen LogP contribution in [0.1, 0.15) is 0 Å². The van der Waals surface area contributed by atoms with E-state index in [-0.39, 0.29) is 5.69 Å². The molecule has 1 heterocycles. The minimum absolute atomic E-state index is 0.128. The molecular weight excluding hydrogens is 292 g/mol. The van der Waals surface area contributed by atoms with Gasteiger partial charge in [-0.05, 0) is 18.2 Å². The molecule has 4 nitrogen and oxygen atoms in total. The van der Waals surface area contributed by atoms with Gasteiger partial charge in [0.15, 0.2) is 0 Å². The summed E-state index contributed by atoms with van der Waals surface area (Å²) in [5.74, 6) is -3.35. The van der Waals surface area contributed by atoms with Gasteiger partial charge in [0.25, 0.3) is 5.56 Å². The van der Waals surface area contributed by atoms with Crippen LogP contribution in [-0.2, 0) is 4.79 Å². The summed E-state index contributed by atoms with van der Waals surface area (Å²) >= 11 is 0. The maximum Gasteiger partial charge on any atom is 0.471 e. The number of rotatable bonds is 2. The molecule has 0 bridgehead atoms. The van der Waals surface area contributed by atoms with Gasteiger partial charge < -0.3 is 5.32 Å². The third-order valence-electron chi connectivity index (χ3n) is 2.56. The molecule has 0 saturated heterocycles. The number of benzene rings is 1. The number of pyridine rings is 1. The van der Waals surface area contributed by atoms with Crippen molar-refractivity contribution in [2.75, 3.05) is 5.32 Å². The first-order valence-corrected chi connectivity index (χ1v) is 5.65. The van der Waals surface area contributed by atoms with Crippen molar-refractivity contribution in [3.05, 3.63) is 58.8 Å². The van der Waals surface area contributed by atoms with Crippen molar-refractivity contribution in [2.45, 2.75) is 6.18 Å². The van der Waals surface area contributed by atoms with Crippen LogP contribution in [-0.4, -0.2) is 16.7 Å². The summed E-state index contributed by atoms with van der Waals surface area (Å²) in [7, 11) is 0. The highest BCUT2D eigenvalue weighted by Crippen LogP contribution is 2.21. The fourth-order valence-corrected chi connectivity index (χ4v) is 1.59. The van der Waals surface area contributed by atoms with Crippen molar-refractivity contribution in [1.29, 1.82) is 0 Å². The molecule has 8 heteroatoms. The maximum absolute atomic E-state index is 13.7. The van der Waals surface area contributed by atoms with E-state index in [0.717, 1.165) is 16.7 Å². The van der Waals surface area contributed by atoms with Crippen molar-refractivity contribution >= 4 is 11.6 Å². The zero-order chi connectivity index (χ0) is 15.6. The van der Waals surface area contributed by atoms with Crippen LogP contribution in [0.4, 0.5) is 23.2 Å². The Balaban J connectivity index is 2.33. The zero-order valence-corrected chi connectivity index (χ0v) is 10.3. The third-order valence-corrected chi connectivity index (χ3v) is 2.56. The number of aromatic nitrogens is 1. The fraction of sp³-hybridized carbons (Fsp3) is 0.0769. The molecule has 0 atom stereocenters. The monoisotopic (exact) mass is 300 g/mol. The van der Waals surface area contributed by atoms with Gasteiger partial charge in [-0.1, -0.05) is 6.07 Å². The molecule has 2 rings (SSSR count). The largest absolute Gasteiger partial charge is 0.471 e. The van der Waals surface area contributed by atoms with Gasteiger partial charge in [0.05, 0.1) is 11.4 Å². The van der Waals surface area contributed by atoms with Crippen molar-refractivity contribution in [1.82, 2.24) is 4.57 Å². The average Bonchev–Trinajstić information content (AvgIpc) is 2.40. The van der Waals surface area contributed by atoms with Gasteiger partial charge >= 0.3 is 12.1 Å². The molecule has 0 saturated carbocycles. The van der Waals surface area contributed by atoms with Crippen molar-refractivity contribution in [3.63, 3.8) is 0 Å². The Kier molecular flexibility index (Phi) is 3.79. The normalized spacial score (nSPS) is 11.2. The number of amides is 1. The van der Waals surface area contributed by atoms with Crippen LogP contribution in [0.3, 0.4) is 0 Å². The summed E-state index contributed by atoms with van der Waals surface area (Å²) < 4.78 is 51.1. The van der Waals surface area contributed by atoms with E-state index in [4.69, 9.17) is 0 Å². The molecule has 1 N–H and O–H groups in total. The molecule has 1 aromatic heterocycles. The lowest BCUT2D eigenvalue weighted by Crippen LogP contribution is -2.30. The van der Waals surface area contributed by atoms with Crippen LogP contribution in [0.5, 0.6) is 0 Å². The summed E-state index contributed by atoms with van der Waals surface area (Å²) in [6.07, 6.45) is -3.73. The van der Waals surface area contributed by atoms with E-state index in [1.165, 1.54) is 29.7 Å². The predicted molar refractivity (Wildman–Crippen MR) is 66.7 cm³/mol. The molecule has 0 unspecified atom stereocenters. The number of hydrogen-bond donors (Lipinski definition) is 1. The number of hydrogen-bond acceptors (Lipinski definition) is 2. The van der Waals surface area contributed by atoms with E-state index in [9.17, 15) is 27.2 Å². The number of nitrogens with one attached hydrogen (secondary N) is 1. The van der Waals surface area contributed by atoms with Crippen LogP contribution < -0.4 is 10.9 Å². The van der Waals surface area contributed by atoms with E-state index in [2.05, 4.69) is 0 Å². The number of nitrogens with zero attached hydrogens (tertiary/aromatic N) is 1. The minimum Gasteiger partial charge on any atom is -0.316 e. The lowest BCUT2D eigenvalue weighted by Gasteiger charge is -2.10. The van der Waals surface area contributed by atoms with Crippen molar-refractivity contribution < 1.29 is 22.4 Å². The molecule has 2 aromatic rings. The molecule has 0 fully saturated rings. The number of alkyl halides is 3. The van der Waals surface area contributed by atoms with E-state index in [1.54, 1.807) is 6.07 Å². The van der Waals surface area contributed by atoms with Gasteiger partial charge in [0, 0.05) is 18.3 Å². The molecule has 0 radical (unpaired) electrons. The van der Waals surface area contributed by atoms with Crippen LogP contribution in [0.2, 0.25) is 0 Å². The van der Waals surface area contributed by atoms with Crippen molar-refractivity contribution in [3.8, 4) is 5.69 Å². The average molecular weight is 300 g/mol. The Hall–Kier alpha value is -2.64. The zero-order valence-electron chi connectivity index (χ0n) is 10.3. The molecular formula is C13H8F4N2O2. The van der Waals surface area contributed by atoms with Gasteiger partial charge in [-0.15, -0.1) is 0 Å². The van der Waals surface area contributed by atoms with Gasteiger partial charge in [-0.2, -0.15) is 13.2 Å². The molecule has 0 spiro atoms. The van der Waals surface area contributed by atoms with Crippen LogP contribution in [0.15, 0.2) is 47.4 Å². The van der Waals surface area contributed by atoms with Gasteiger partial charge in [-0.3, -0.25) is 14.2 Å². The van der Waals surface area contributed by atoms with Crippen LogP contribution in [0, 0.1) is 5.82 Å². The van der Waals surface area contributed by atoms with E-state index in [1.807, 2.05) is 0 Å². The minimum atomic E-state index is -5.11. The molecule has 1 amide bonds. The highest BCUT2D eigenvalue weighted by Gasteiger charge is 2.39. The first-order chi connectivity index (χ1) is 9.79. The number of halogens is 4. The van der Waals surface area contributed by atoms with E-state index in [0.29, 0.717) is 0 Å². The Morgan fingerprint density at radius 2 is 1.86 bits per heavy atom. The van der Waals surface area contributed by atoms with Gasteiger partial charge in [0.2, 0.25) is 0 Å². The summed E-state index contributed by atoms with van der Waals surface area (Å²) in [5.41, 5.74) is -0.919. The van der Waals surface area contributed by atoms with E-state index >= 15 is 0 Å². The summed E-state index contributed by atoms with van der Waals surface area (Å²) in [6, 6.07) is 7.31. The molecule has 0 aliphatic carbocycles. The fourth-order valence-electron chi connectivity index (χ4n) is 1.59. The quantitative estimate of drug-likeness (QED) is 0.866. The van der Waals surface area contributed by atoms with Crippen LogP contribution >= 0.6 is 0 Å². The second-order valence-electron chi connectivity index (χ2n) is 4.02. The van der Waals surface area contributed by atoms with E-state index < -0.39 is 29.1 Å². The molecule has 1 aromatic carbocycles. The standard InChI is InChI=1S/C13H8F4N2O2/c14-9-7-8(19-6-2-1-3-11(19)20)4-5-10(9)18-12(21)13(15,16)17/h1-7H,(H,18,21). The second-order valence-corrected chi connectivity index (χ2v) is 4.02. The maximum atomic E-state index is 13.7. The highest BCUT2D eigenvalue weighted by atomic mass is 19.4. The molecule has 110 valence electrons. The lowest BCUT2D eigenvalue weighted by molar-refractivity contribution is -0.167. The summed E-state index contributed by atoms with van der Waals surface area (Å²) in [4.78, 5) is 22.3. The SMILES string of the molecule is O=C(Nc1ccc(-n2ccccc2=O)cc1F)C(F)(F)F. The molecule has 21 heavy (non-hydrogen) atoms. The summed E-state index contributed by atoms with van der Waals surface area (Å²) in [6.45, 7) is 0. The Morgan fingerprint density at radius 1 is 1.14 bits per heavy atom. The first-order valence-electron chi connectivity index (χ1n) is 5.65. The third kappa shape index (κ3) is 3.28.